The van der Waals surface area contributed by atoms with Crippen LogP contribution in [0.25, 0.3) is 6.08 Å². The smallest absolute Gasteiger partial charge is 0.284 e. The highest BCUT2D eigenvalue weighted by Gasteiger charge is 2.62. The first-order valence-corrected chi connectivity index (χ1v) is 9.49. The first kappa shape index (κ1) is 18.1. The molecule has 7 nitrogen and oxygen atoms in total. The zero-order valence-electron chi connectivity index (χ0n) is 12.1. The van der Waals surface area contributed by atoms with Crippen molar-refractivity contribution in [3.63, 3.8) is 0 Å². The van der Waals surface area contributed by atoms with E-state index in [1.54, 1.807) is 30.3 Å². The summed E-state index contributed by atoms with van der Waals surface area (Å²) in [7, 11) is -10.8. The standard InChI is InChI=1S/C15H13NO6S2/c16-11-14-8-4-7-13(10-9-12-5-2-1-3-6-12)15(14,23(17,18)19)24(20,21)22/h1-10,13H,(H,17,18,19)(H,20,21,22). The summed E-state index contributed by atoms with van der Waals surface area (Å²) in [5.41, 5.74) is -0.156. The number of hydrogen-bond acceptors (Lipinski definition) is 5. The largest absolute Gasteiger partial charge is 0.293 e. The minimum atomic E-state index is -5.39. The van der Waals surface area contributed by atoms with Crippen molar-refractivity contribution in [2.24, 2.45) is 5.92 Å². The van der Waals surface area contributed by atoms with Crippen molar-refractivity contribution in [1.29, 1.82) is 5.26 Å². The van der Waals surface area contributed by atoms with Crippen LogP contribution in [0.5, 0.6) is 0 Å². The third-order valence-electron chi connectivity index (χ3n) is 3.58. The molecule has 0 bridgehead atoms. The van der Waals surface area contributed by atoms with Crippen molar-refractivity contribution in [1.82, 2.24) is 0 Å². The van der Waals surface area contributed by atoms with E-state index in [-0.39, 0.29) is 0 Å². The van der Waals surface area contributed by atoms with Gasteiger partial charge in [-0.2, -0.15) is 22.1 Å². The van der Waals surface area contributed by atoms with Gasteiger partial charge < -0.3 is 0 Å². The fourth-order valence-electron chi connectivity index (χ4n) is 2.53. The van der Waals surface area contributed by atoms with Crippen molar-refractivity contribution < 1.29 is 25.9 Å². The molecule has 0 radical (unpaired) electrons. The molecule has 1 aromatic carbocycles. The summed E-state index contributed by atoms with van der Waals surface area (Å²) >= 11 is 0. The SMILES string of the molecule is N#CC1=CC=CC(C=Cc2ccccc2)C1(S(=O)(=O)O)S(=O)(=O)O. The molecule has 1 unspecified atom stereocenters. The fourth-order valence-corrected chi connectivity index (χ4v) is 5.38. The molecule has 0 aromatic heterocycles. The van der Waals surface area contributed by atoms with E-state index in [0.29, 0.717) is 5.56 Å². The molecular formula is C15H13NO6S2. The lowest BCUT2D eigenvalue weighted by Crippen LogP contribution is -2.53. The Balaban J connectivity index is 2.70. The summed E-state index contributed by atoms with van der Waals surface area (Å²) in [6.45, 7) is 0. The molecule has 0 saturated carbocycles. The summed E-state index contributed by atoms with van der Waals surface area (Å²) in [6.07, 6.45) is 6.00. The average Bonchev–Trinajstić information content (AvgIpc) is 2.51. The number of rotatable bonds is 4. The average molecular weight is 367 g/mol. The van der Waals surface area contributed by atoms with Crippen LogP contribution in [0.15, 0.2) is 60.2 Å². The molecule has 24 heavy (non-hydrogen) atoms. The second kappa shape index (κ2) is 6.33. The number of nitriles is 1. The van der Waals surface area contributed by atoms with Crippen molar-refractivity contribution in [3.05, 3.63) is 65.8 Å². The van der Waals surface area contributed by atoms with E-state index < -0.39 is 35.8 Å². The van der Waals surface area contributed by atoms with Crippen LogP contribution in [0.2, 0.25) is 0 Å². The monoisotopic (exact) mass is 367 g/mol. The molecule has 9 heteroatoms. The molecule has 0 spiro atoms. The normalized spacial score (nSPS) is 20.5. The summed E-state index contributed by atoms with van der Waals surface area (Å²) in [5.74, 6) is -1.50. The van der Waals surface area contributed by atoms with Crippen molar-refractivity contribution >= 4 is 26.3 Å². The quantitative estimate of drug-likeness (QED) is 0.775. The predicted octanol–water partition coefficient (Wildman–Crippen LogP) is 1.81. The van der Waals surface area contributed by atoms with Crippen LogP contribution in [0, 0.1) is 17.2 Å². The summed E-state index contributed by atoms with van der Waals surface area (Å²) in [6, 6.07) is 10.0. The lowest BCUT2D eigenvalue weighted by molar-refractivity contribution is 0.421. The molecular weight excluding hydrogens is 354 g/mol. The van der Waals surface area contributed by atoms with Gasteiger partial charge in [0.25, 0.3) is 24.3 Å². The van der Waals surface area contributed by atoms with E-state index >= 15 is 0 Å². The van der Waals surface area contributed by atoms with E-state index in [4.69, 9.17) is 5.26 Å². The van der Waals surface area contributed by atoms with Gasteiger partial charge in [0.05, 0.1) is 11.6 Å². The third kappa shape index (κ3) is 2.92. The molecule has 0 heterocycles. The van der Waals surface area contributed by atoms with Gasteiger partial charge in [-0.05, 0) is 11.6 Å². The van der Waals surface area contributed by atoms with Crippen molar-refractivity contribution in [2.75, 3.05) is 0 Å². The van der Waals surface area contributed by atoms with E-state index in [1.165, 1.54) is 30.4 Å². The number of allylic oxidation sites excluding steroid dienone is 4. The molecule has 0 amide bonds. The number of benzene rings is 1. The highest BCUT2D eigenvalue weighted by Crippen LogP contribution is 2.42. The highest BCUT2D eigenvalue weighted by atomic mass is 32.3. The van der Waals surface area contributed by atoms with Gasteiger partial charge in [-0.25, -0.2) is 0 Å². The van der Waals surface area contributed by atoms with E-state index in [1.807, 2.05) is 0 Å². The van der Waals surface area contributed by atoms with Gasteiger partial charge in [-0.15, -0.1) is 0 Å². The van der Waals surface area contributed by atoms with Gasteiger partial charge in [0.15, 0.2) is 0 Å². The summed E-state index contributed by atoms with van der Waals surface area (Å²) in [5, 5.41) is 9.13. The van der Waals surface area contributed by atoms with E-state index in [2.05, 4.69) is 0 Å². The molecule has 1 atom stereocenters. The van der Waals surface area contributed by atoms with Gasteiger partial charge in [-0.1, -0.05) is 54.6 Å². The maximum Gasteiger partial charge on any atom is 0.293 e. The first-order valence-electron chi connectivity index (χ1n) is 6.61. The van der Waals surface area contributed by atoms with Crippen LogP contribution < -0.4 is 0 Å². The zero-order chi connectivity index (χ0) is 18.0. The molecule has 0 fully saturated rings. The predicted molar refractivity (Wildman–Crippen MR) is 87.6 cm³/mol. The van der Waals surface area contributed by atoms with E-state index in [9.17, 15) is 25.9 Å². The van der Waals surface area contributed by atoms with Crippen LogP contribution in [0.4, 0.5) is 0 Å². The Bertz CT molecular complexity index is 935. The van der Waals surface area contributed by atoms with Crippen LogP contribution in [0.1, 0.15) is 5.56 Å². The Hall–Kier alpha value is -2.25. The lowest BCUT2D eigenvalue weighted by Gasteiger charge is -2.33. The molecule has 0 saturated heterocycles. The van der Waals surface area contributed by atoms with Gasteiger partial charge in [0, 0.05) is 5.92 Å². The van der Waals surface area contributed by atoms with Crippen LogP contribution in [0.3, 0.4) is 0 Å². The molecule has 1 aliphatic rings. The molecule has 126 valence electrons. The Morgan fingerprint density at radius 3 is 2.17 bits per heavy atom. The first-order chi connectivity index (χ1) is 11.1. The highest BCUT2D eigenvalue weighted by molar-refractivity contribution is 8.05. The van der Waals surface area contributed by atoms with Gasteiger partial charge in [0.1, 0.15) is 0 Å². The Morgan fingerprint density at radius 2 is 1.67 bits per heavy atom. The molecule has 1 aliphatic carbocycles. The Kier molecular flexibility index (Phi) is 4.77. The second-order valence-electron chi connectivity index (χ2n) is 4.99. The Morgan fingerprint density at radius 1 is 1.08 bits per heavy atom. The van der Waals surface area contributed by atoms with E-state index in [0.717, 1.165) is 6.08 Å². The summed E-state index contributed by atoms with van der Waals surface area (Å²) in [4.78, 5) is 0. The van der Waals surface area contributed by atoms with Gasteiger partial charge in [0.2, 0.25) is 0 Å². The molecule has 1 aromatic rings. The third-order valence-corrected chi connectivity index (χ3v) is 7.36. The minimum Gasteiger partial charge on any atom is -0.284 e. The van der Waals surface area contributed by atoms with Crippen LogP contribution in [-0.2, 0) is 20.2 Å². The van der Waals surface area contributed by atoms with Crippen LogP contribution in [-0.4, -0.2) is 30.0 Å². The number of nitrogens with zero attached hydrogens (tertiary/aromatic N) is 1. The zero-order valence-corrected chi connectivity index (χ0v) is 13.8. The maximum absolute atomic E-state index is 11.9. The molecule has 2 N–H and O–H groups in total. The fraction of sp³-hybridized carbons (Fsp3) is 0.133. The van der Waals surface area contributed by atoms with Crippen molar-refractivity contribution in [2.45, 2.75) is 4.08 Å². The van der Waals surface area contributed by atoms with Crippen molar-refractivity contribution in [3.8, 4) is 6.07 Å². The van der Waals surface area contributed by atoms with Gasteiger partial charge in [-0.3, -0.25) is 9.11 Å². The summed E-state index contributed by atoms with van der Waals surface area (Å²) < 4.78 is 63.6. The van der Waals surface area contributed by atoms with Gasteiger partial charge >= 0.3 is 0 Å². The topological polar surface area (TPSA) is 133 Å². The maximum atomic E-state index is 11.9. The molecule has 2 rings (SSSR count). The van der Waals surface area contributed by atoms with Crippen LogP contribution >= 0.6 is 0 Å². The molecule has 0 aliphatic heterocycles. The lowest BCUT2D eigenvalue weighted by atomic mass is 9.92. The second-order valence-corrected chi connectivity index (χ2v) is 8.44. The minimum absolute atomic E-state index is 0.638. The Labute approximate surface area is 139 Å². The number of hydrogen-bond donors (Lipinski definition) is 2.